The quantitative estimate of drug-likeness (QED) is 0.270. The first-order valence-corrected chi connectivity index (χ1v) is 14.6. The number of carbonyl (C=O) groups excluding carboxylic acids is 3. The summed E-state index contributed by atoms with van der Waals surface area (Å²) >= 11 is 0. The number of methoxy groups -OCH3 is 2. The lowest BCUT2D eigenvalue weighted by Gasteiger charge is -2.39. The number of fused-ring (bicyclic) bond motifs is 6. The number of allylic oxidation sites excluding steroid dienone is 1. The first-order chi connectivity index (χ1) is 21.3. The Morgan fingerprint density at radius 3 is 2.30 bits per heavy atom. The van der Waals surface area contributed by atoms with Gasteiger partial charge in [0.05, 0.1) is 26.2 Å². The van der Waals surface area contributed by atoms with E-state index >= 15 is 0 Å². The van der Waals surface area contributed by atoms with Gasteiger partial charge in [-0.1, -0.05) is 48.0 Å². The van der Waals surface area contributed by atoms with Gasteiger partial charge in [0, 0.05) is 28.1 Å². The van der Waals surface area contributed by atoms with Crippen LogP contribution in [0.25, 0.3) is 5.57 Å². The second-order valence-corrected chi connectivity index (χ2v) is 11.7. The van der Waals surface area contributed by atoms with Crippen molar-refractivity contribution in [2.24, 2.45) is 5.92 Å². The van der Waals surface area contributed by atoms with Crippen molar-refractivity contribution in [3.05, 3.63) is 125 Å². The Morgan fingerprint density at radius 1 is 0.795 bits per heavy atom. The van der Waals surface area contributed by atoms with E-state index in [1.807, 2.05) is 55.1 Å². The molecule has 220 valence electrons. The number of aryl methyl sites for hydroxylation is 1. The molecule has 0 aliphatic carbocycles. The largest absolute Gasteiger partial charge is 0.497 e. The molecule has 7 heteroatoms. The van der Waals surface area contributed by atoms with Gasteiger partial charge in [-0.15, -0.1) is 0 Å². The van der Waals surface area contributed by atoms with Crippen molar-refractivity contribution >= 4 is 34.4 Å². The molecular weight excluding hydrogens is 552 g/mol. The highest BCUT2D eigenvalue weighted by Crippen LogP contribution is 2.59. The van der Waals surface area contributed by atoms with E-state index in [2.05, 4.69) is 17.5 Å². The lowest BCUT2D eigenvalue weighted by atomic mass is 9.64. The molecule has 3 heterocycles. The Morgan fingerprint density at radius 2 is 1.55 bits per heavy atom. The van der Waals surface area contributed by atoms with Crippen LogP contribution in [0.5, 0.6) is 11.5 Å². The zero-order valence-corrected chi connectivity index (χ0v) is 25.0. The minimum atomic E-state index is -1.38. The summed E-state index contributed by atoms with van der Waals surface area (Å²) in [5, 5.41) is 3.08. The van der Waals surface area contributed by atoms with Crippen LogP contribution in [-0.4, -0.2) is 43.8 Å². The van der Waals surface area contributed by atoms with E-state index in [1.165, 1.54) is 0 Å². The van der Waals surface area contributed by atoms with Crippen LogP contribution in [0.3, 0.4) is 0 Å². The lowest BCUT2D eigenvalue weighted by molar-refractivity contribution is -0.121. The number of carbonyl (C=O) groups is 3. The number of rotatable bonds is 6. The topological polar surface area (TPSA) is 84.9 Å². The van der Waals surface area contributed by atoms with Crippen LogP contribution >= 0.6 is 0 Å². The number of anilines is 2. The van der Waals surface area contributed by atoms with Crippen LogP contribution in [0.1, 0.15) is 44.3 Å². The Labute approximate surface area is 256 Å². The van der Waals surface area contributed by atoms with Gasteiger partial charge in [-0.2, -0.15) is 0 Å². The van der Waals surface area contributed by atoms with E-state index in [1.54, 1.807) is 62.8 Å². The van der Waals surface area contributed by atoms with Gasteiger partial charge in [0.2, 0.25) is 5.91 Å². The van der Waals surface area contributed by atoms with Crippen LogP contribution in [0.2, 0.25) is 0 Å². The maximum absolute atomic E-state index is 15.0. The van der Waals surface area contributed by atoms with Crippen LogP contribution in [0.4, 0.5) is 11.4 Å². The average molecular weight is 585 g/mol. The van der Waals surface area contributed by atoms with Gasteiger partial charge in [-0.25, -0.2) is 0 Å². The SMILES string of the molecule is COc1ccc(C(=O)[C@@H]2[C@H](C(=O)c3cccc(OC)c3)N3c4ccc(C)cc4C(C)=C[C@@H]3[C@@]23C(=O)Nc2ccccc23)cc1. The van der Waals surface area contributed by atoms with Gasteiger partial charge < -0.3 is 19.7 Å². The maximum atomic E-state index is 15.0. The van der Waals surface area contributed by atoms with Crippen LogP contribution < -0.4 is 19.7 Å². The zero-order valence-electron chi connectivity index (χ0n) is 25.0. The summed E-state index contributed by atoms with van der Waals surface area (Å²) in [6.45, 7) is 4.06. The first-order valence-electron chi connectivity index (χ1n) is 14.6. The van der Waals surface area contributed by atoms with Gasteiger partial charge >= 0.3 is 0 Å². The maximum Gasteiger partial charge on any atom is 0.238 e. The Bertz CT molecular complexity index is 1880. The molecule has 0 bridgehead atoms. The van der Waals surface area contributed by atoms with Crippen molar-refractivity contribution in [1.82, 2.24) is 0 Å². The highest BCUT2D eigenvalue weighted by atomic mass is 16.5. The fourth-order valence-corrected chi connectivity index (χ4v) is 7.43. The number of Topliss-reactive ketones (excluding diaryl/α,β-unsaturated/α-hetero) is 2. The average Bonchev–Trinajstić information content (AvgIpc) is 3.52. The summed E-state index contributed by atoms with van der Waals surface area (Å²) in [5.74, 6) is -0.742. The number of ether oxygens (including phenoxy) is 2. The molecule has 44 heavy (non-hydrogen) atoms. The van der Waals surface area contributed by atoms with Gasteiger partial charge in [0.15, 0.2) is 11.6 Å². The first kappa shape index (κ1) is 27.7. The molecular formula is C37H32N2O5. The predicted molar refractivity (Wildman–Crippen MR) is 170 cm³/mol. The second-order valence-electron chi connectivity index (χ2n) is 11.7. The monoisotopic (exact) mass is 584 g/mol. The number of hydrogen-bond acceptors (Lipinski definition) is 6. The molecule has 0 saturated carbocycles. The Kier molecular flexibility index (Phi) is 6.43. The highest BCUT2D eigenvalue weighted by molar-refractivity contribution is 6.18. The minimum Gasteiger partial charge on any atom is -0.497 e. The zero-order chi connectivity index (χ0) is 30.7. The summed E-state index contributed by atoms with van der Waals surface area (Å²) < 4.78 is 10.8. The number of ketones is 2. The Balaban J connectivity index is 1.54. The van der Waals surface area contributed by atoms with Gasteiger partial charge in [-0.3, -0.25) is 14.4 Å². The van der Waals surface area contributed by atoms with E-state index in [0.717, 1.165) is 22.4 Å². The van der Waals surface area contributed by atoms with Crippen molar-refractivity contribution in [3.63, 3.8) is 0 Å². The number of nitrogens with one attached hydrogen (secondary N) is 1. The summed E-state index contributed by atoms with van der Waals surface area (Å²) in [7, 11) is 3.12. The van der Waals surface area contributed by atoms with Crippen molar-refractivity contribution in [2.75, 3.05) is 24.4 Å². The molecule has 7 nitrogen and oxygen atoms in total. The molecule has 1 N–H and O–H groups in total. The van der Waals surface area contributed by atoms with Gasteiger partial charge in [-0.05, 0) is 79.6 Å². The molecule has 3 aliphatic heterocycles. The highest BCUT2D eigenvalue weighted by Gasteiger charge is 2.70. The summed E-state index contributed by atoms with van der Waals surface area (Å²) in [4.78, 5) is 46.5. The molecule has 4 aromatic carbocycles. The number of para-hydroxylation sites is 1. The van der Waals surface area contributed by atoms with E-state index in [9.17, 15) is 14.4 Å². The third-order valence-corrected chi connectivity index (χ3v) is 9.41. The molecule has 4 aromatic rings. The summed E-state index contributed by atoms with van der Waals surface area (Å²) in [5.41, 5.74) is 4.67. The standard InChI is InChI=1S/C37H32N2O5/c1-21-12-17-30-27(18-21)22(2)19-31-37(28-10-5-6-11-29(28)38-36(37)42)32(34(40)23-13-15-25(43-3)16-14-23)33(39(30)31)35(41)24-8-7-9-26(20-24)44-4/h5-20,31-33H,1-4H3,(H,38,42)/t31-,32+,33-,37-/m1/s1. The number of amides is 1. The van der Waals surface area contributed by atoms with Crippen molar-refractivity contribution in [3.8, 4) is 11.5 Å². The van der Waals surface area contributed by atoms with E-state index in [4.69, 9.17) is 9.47 Å². The third-order valence-electron chi connectivity index (χ3n) is 9.41. The van der Waals surface area contributed by atoms with Crippen molar-refractivity contribution in [2.45, 2.75) is 31.3 Å². The molecule has 3 aliphatic rings. The fraction of sp³-hybridized carbons (Fsp3) is 0.216. The number of hydrogen-bond donors (Lipinski definition) is 1. The lowest BCUT2D eigenvalue weighted by Crippen LogP contribution is -2.51. The van der Waals surface area contributed by atoms with E-state index < -0.39 is 23.4 Å². The van der Waals surface area contributed by atoms with Gasteiger partial charge in [0.1, 0.15) is 23.0 Å². The normalized spacial score (nSPS) is 22.9. The van der Waals surface area contributed by atoms with Crippen LogP contribution in [0, 0.1) is 12.8 Å². The second kappa shape index (κ2) is 10.2. The van der Waals surface area contributed by atoms with Crippen molar-refractivity contribution < 1.29 is 23.9 Å². The van der Waals surface area contributed by atoms with Crippen molar-refractivity contribution in [1.29, 1.82) is 0 Å². The van der Waals surface area contributed by atoms with Gasteiger partial charge in [0.25, 0.3) is 0 Å². The molecule has 1 amide bonds. The molecule has 0 radical (unpaired) electrons. The Hall–Kier alpha value is -5.17. The van der Waals surface area contributed by atoms with E-state index in [-0.39, 0.29) is 17.5 Å². The minimum absolute atomic E-state index is 0.255. The predicted octanol–water partition coefficient (Wildman–Crippen LogP) is 6.26. The number of nitrogens with zero attached hydrogens (tertiary/aromatic N) is 1. The molecule has 1 saturated heterocycles. The summed E-state index contributed by atoms with van der Waals surface area (Å²) in [6, 6.07) is 25.9. The molecule has 0 unspecified atom stereocenters. The molecule has 1 spiro atoms. The van der Waals surface area contributed by atoms with E-state index in [0.29, 0.717) is 33.9 Å². The smallest absolute Gasteiger partial charge is 0.238 e. The summed E-state index contributed by atoms with van der Waals surface area (Å²) in [6.07, 6.45) is 2.07. The fourth-order valence-electron chi connectivity index (χ4n) is 7.43. The van der Waals surface area contributed by atoms with Crippen LogP contribution in [-0.2, 0) is 10.2 Å². The molecule has 7 rings (SSSR count). The molecule has 1 fully saturated rings. The molecule has 0 aromatic heterocycles. The number of benzene rings is 4. The third kappa shape index (κ3) is 3.85. The molecule has 4 atom stereocenters. The van der Waals surface area contributed by atoms with Crippen LogP contribution in [0.15, 0.2) is 97.1 Å².